The van der Waals surface area contributed by atoms with Crippen molar-refractivity contribution in [2.45, 2.75) is 52.5 Å². The van der Waals surface area contributed by atoms with Crippen molar-refractivity contribution >= 4 is 22.6 Å². The number of anilines is 1. The first-order valence-corrected chi connectivity index (χ1v) is 7.13. The van der Waals surface area contributed by atoms with Crippen molar-refractivity contribution < 1.29 is 9.90 Å². The van der Waals surface area contributed by atoms with Crippen molar-refractivity contribution in [1.82, 2.24) is 9.36 Å². The van der Waals surface area contributed by atoms with E-state index in [0.717, 1.165) is 23.8 Å². The number of aliphatic carboxylic acids is 1. The third kappa shape index (κ3) is 4.60. The maximum atomic E-state index is 10.5. The molecule has 1 aromatic rings. The van der Waals surface area contributed by atoms with E-state index in [1.807, 2.05) is 0 Å². The fourth-order valence-electron chi connectivity index (χ4n) is 1.66. The van der Waals surface area contributed by atoms with E-state index in [-0.39, 0.29) is 6.42 Å². The van der Waals surface area contributed by atoms with Crippen LogP contribution in [0.1, 0.15) is 45.9 Å². The van der Waals surface area contributed by atoms with E-state index in [1.54, 1.807) is 0 Å². The number of aromatic nitrogens is 2. The lowest BCUT2D eigenvalue weighted by atomic mass is 10.2. The fraction of sp³-hybridized carbons (Fsp3) is 0.750. The molecule has 0 aromatic carbocycles. The molecule has 0 saturated heterocycles. The molecule has 102 valence electrons. The Morgan fingerprint density at radius 2 is 2.22 bits per heavy atom. The summed E-state index contributed by atoms with van der Waals surface area (Å²) in [6.45, 7) is 6.99. The second-order valence-corrected chi connectivity index (χ2v) is 5.26. The second-order valence-electron chi connectivity index (χ2n) is 4.53. The molecule has 1 rings (SSSR count). The molecule has 0 radical (unpaired) electrons. The van der Waals surface area contributed by atoms with Gasteiger partial charge in [-0.05, 0) is 26.7 Å². The highest BCUT2D eigenvalue weighted by Crippen LogP contribution is 2.20. The smallest absolute Gasteiger partial charge is 0.303 e. The van der Waals surface area contributed by atoms with Gasteiger partial charge in [-0.2, -0.15) is 4.37 Å². The van der Waals surface area contributed by atoms with Crippen LogP contribution in [0, 0.1) is 0 Å². The monoisotopic (exact) mass is 271 g/mol. The first-order valence-electron chi connectivity index (χ1n) is 6.35. The van der Waals surface area contributed by atoms with Crippen molar-refractivity contribution in [1.29, 1.82) is 0 Å². The maximum Gasteiger partial charge on any atom is 0.303 e. The summed E-state index contributed by atoms with van der Waals surface area (Å²) in [5, 5.41) is 9.57. The highest BCUT2D eigenvalue weighted by Gasteiger charge is 2.15. The zero-order chi connectivity index (χ0) is 13.5. The predicted molar refractivity (Wildman–Crippen MR) is 73.3 cm³/mol. The van der Waals surface area contributed by atoms with E-state index in [9.17, 15) is 4.79 Å². The van der Waals surface area contributed by atoms with Gasteiger partial charge in [0, 0.05) is 37.0 Å². The lowest BCUT2D eigenvalue weighted by Gasteiger charge is -2.25. The van der Waals surface area contributed by atoms with Crippen LogP contribution >= 0.6 is 11.5 Å². The van der Waals surface area contributed by atoms with E-state index < -0.39 is 5.97 Å². The number of aryl methyl sites for hydroxylation is 1. The van der Waals surface area contributed by atoms with Crippen LogP contribution in [0.15, 0.2) is 0 Å². The molecule has 0 aliphatic carbocycles. The van der Waals surface area contributed by atoms with Gasteiger partial charge in [0.15, 0.2) is 0 Å². The highest BCUT2D eigenvalue weighted by molar-refractivity contribution is 7.09. The summed E-state index contributed by atoms with van der Waals surface area (Å²) < 4.78 is 4.32. The van der Waals surface area contributed by atoms with Crippen LogP contribution in [0.4, 0.5) is 5.13 Å². The second kappa shape index (κ2) is 7.31. The molecule has 0 spiro atoms. The SMILES string of the molecule is CCCc1nsc(N(CCCC(=O)O)C(C)C)n1. The third-order valence-corrected chi connectivity index (χ3v) is 3.38. The summed E-state index contributed by atoms with van der Waals surface area (Å²) in [7, 11) is 0. The van der Waals surface area contributed by atoms with E-state index in [0.29, 0.717) is 19.0 Å². The Labute approximate surface area is 112 Å². The van der Waals surface area contributed by atoms with Gasteiger partial charge in [0.25, 0.3) is 0 Å². The van der Waals surface area contributed by atoms with Crippen LogP contribution in [0.5, 0.6) is 0 Å². The fourth-order valence-corrected chi connectivity index (χ4v) is 2.53. The Kier molecular flexibility index (Phi) is 6.04. The van der Waals surface area contributed by atoms with Crippen LogP contribution in [0.25, 0.3) is 0 Å². The zero-order valence-corrected chi connectivity index (χ0v) is 12.0. The molecule has 0 atom stereocenters. The number of nitrogens with zero attached hydrogens (tertiary/aromatic N) is 3. The van der Waals surface area contributed by atoms with Crippen molar-refractivity contribution in [2.75, 3.05) is 11.4 Å². The van der Waals surface area contributed by atoms with Gasteiger partial charge in [-0.1, -0.05) is 6.92 Å². The van der Waals surface area contributed by atoms with Crippen LogP contribution < -0.4 is 4.90 Å². The molecule has 0 amide bonds. The molecule has 0 aliphatic rings. The van der Waals surface area contributed by atoms with Crippen LogP contribution in [-0.2, 0) is 11.2 Å². The topological polar surface area (TPSA) is 66.3 Å². The van der Waals surface area contributed by atoms with Crippen molar-refractivity contribution in [3.8, 4) is 0 Å². The summed E-state index contributed by atoms with van der Waals surface area (Å²) >= 11 is 1.40. The van der Waals surface area contributed by atoms with Gasteiger partial charge in [-0.15, -0.1) is 0 Å². The van der Waals surface area contributed by atoms with Gasteiger partial charge in [0.1, 0.15) is 5.82 Å². The molecule has 0 unspecified atom stereocenters. The van der Waals surface area contributed by atoms with E-state index in [4.69, 9.17) is 5.11 Å². The van der Waals surface area contributed by atoms with Gasteiger partial charge in [0.2, 0.25) is 5.13 Å². The molecule has 1 heterocycles. The molecular formula is C12H21N3O2S. The predicted octanol–water partition coefficient (Wildman–Crippen LogP) is 2.57. The minimum atomic E-state index is -0.748. The molecule has 0 bridgehead atoms. The number of carbonyl (C=O) groups is 1. The summed E-state index contributed by atoms with van der Waals surface area (Å²) in [4.78, 5) is 17.2. The summed E-state index contributed by atoms with van der Waals surface area (Å²) in [6.07, 6.45) is 2.77. The third-order valence-electron chi connectivity index (χ3n) is 2.59. The largest absolute Gasteiger partial charge is 0.481 e. The van der Waals surface area contributed by atoms with Crippen molar-refractivity contribution in [3.05, 3.63) is 5.82 Å². The maximum absolute atomic E-state index is 10.5. The molecule has 6 heteroatoms. The van der Waals surface area contributed by atoms with Crippen LogP contribution in [0.3, 0.4) is 0 Å². The number of hydrogen-bond acceptors (Lipinski definition) is 5. The standard InChI is InChI=1S/C12H21N3O2S/c1-4-6-10-13-12(18-14-10)15(9(2)3)8-5-7-11(16)17/h9H,4-8H2,1-3H3,(H,16,17). The minimum Gasteiger partial charge on any atom is -0.481 e. The van der Waals surface area contributed by atoms with E-state index in [2.05, 4.69) is 35.0 Å². The van der Waals surface area contributed by atoms with Gasteiger partial charge in [-0.3, -0.25) is 4.79 Å². The van der Waals surface area contributed by atoms with Gasteiger partial charge in [-0.25, -0.2) is 4.98 Å². The van der Waals surface area contributed by atoms with Crippen molar-refractivity contribution in [2.24, 2.45) is 0 Å². The number of hydrogen-bond donors (Lipinski definition) is 1. The normalized spacial score (nSPS) is 10.9. The van der Waals surface area contributed by atoms with Gasteiger partial charge < -0.3 is 10.0 Å². The number of carboxylic acid groups (broad SMARTS) is 1. The molecule has 0 saturated carbocycles. The van der Waals surface area contributed by atoms with Crippen LogP contribution in [0.2, 0.25) is 0 Å². The molecule has 0 aliphatic heterocycles. The Morgan fingerprint density at radius 3 is 2.78 bits per heavy atom. The first-order chi connectivity index (χ1) is 8.54. The van der Waals surface area contributed by atoms with Crippen LogP contribution in [-0.4, -0.2) is 33.0 Å². The zero-order valence-electron chi connectivity index (χ0n) is 11.2. The van der Waals surface area contributed by atoms with Crippen molar-refractivity contribution in [3.63, 3.8) is 0 Å². The quantitative estimate of drug-likeness (QED) is 0.787. The highest BCUT2D eigenvalue weighted by atomic mass is 32.1. The minimum absolute atomic E-state index is 0.198. The van der Waals surface area contributed by atoms with E-state index >= 15 is 0 Å². The molecule has 18 heavy (non-hydrogen) atoms. The molecule has 1 aromatic heterocycles. The number of rotatable bonds is 8. The Bertz CT molecular complexity index is 379. The Morgan fingerprint density at radius 1 is 1.50 bits per heavy atom. The van der Waals surface area contributed by atoms with Gasteiger partial charge >= 0.3 is 5.97 Å². The lowest BCUT2D eigenvalue weighted by Crippen LogP contribution is -2.32. The Hall–Kier alpha value is -1.17. The molecule has 5 nitrogen and oxygen atoms in total. The number of carboxylic acids is 1. The first kappa shape index (κ1) is 14.9. The Balaban J connectivity index is 2.62. The lowest BCUT2D eigenvalue weighted by molar-refractivity contribution is -0.137. The molecule has 0 fully saturated rings. The van der Waals surface area contributed by atoms with Gasteiger partial charge in [0.05, 0.1) is 0 Å². The average Bonchev–Trinajstić information content (AvgIpc) is 2.72. The molecule has 1 N–H and O–H groups in total. The average molecular weight is 271 g/mol. The molecular weight excluding hydrogens is 250 g/mol. The summed E-state index contributed by atoms with van der Waals surface area (Å²) in [5.41, 5.74) is 0. The summed E-state index contributed by atoms with van der Waals surface area (Å²) in [6, 6.07) is 0.307. The summed E-state index contributed by atoms with van der Waals surface area (Å²) in [5.74, 6) is 0.143. The van der Waals surface area contributed by atoms with E-state index in [1.165, 1.54) is 11.5 Å².